The van der Waals surface area contributed by atoms with Gasteiger partial charge in [0.1, 0.15) is 0 Å². The highest BCUT2D eigenvalue weighted by molar-refractivity contribution is 7.79. The lowest BCUT2D eigenvalue weighted by Crippen LogP contribution is -2.40. The van der Waals surface area contributed by atoms with Gasteiger partial charge in [0.05, 0.1) is 0 Å². The van der Waals surface area contributed by atoms with Crippen LogP contribution in [0.2, 0.25) is 0 Å². The number of quaternary nitrogens is 1. The first-order chi connectivity index (χ1) is 10.8. The van der Waals surface area contributed by atoms with Crippen molar-refractivity contribution in [1.82, 2.24) is 3.89 Å². The largest absolute Gasteiger partial charge is 0.374 e. The van der Waals surface area contributed by atoms with Crippen molar-refractivity contribution in [1.29, 1.82) is 0 Å². The Morgan fingerprint density at radius 1 is 0.591 bits per heavy atom. The van der Waals surface area contributed by atoms with Crippen molar-refractivity contribution in [3.63, 3.8) is 0 Å². The average molecular weight is 310 g/mol. The van der Waals surface area contributed by atoms with Crippen molar-refractivity contribution < 1.29 is 8.76 Å². The highest BCUT2D eigenvalue weighted by Gasteiger charge is 2.43. The van der Waals surface area contributed by atoms with Crippen LogP contribution in [0.15, 0.2) is 91.0 Å². The first kappa shape index (κ1) is 14.7. The van der Waals surface area contributed by atoms with E-state index in [2.05, 4.69) is 0 Å². The third-order valence-electron chi connectivity index (χ3n) is 3.59. The summed E-state index contributed by atoms with van der Waals surface area (Å²) >= 11 is -2.18. The Morgan fingerprint density at radius 2 is 0.864 bits per heavy atom. The van der Waals surface area contributed by atoms with Crippen LogP contribution in [0.3, 0.4) is 0 Å². The van der Waals surface area contributed by atoms with Gasteiger partial charge >= 0.3 is 11.3 Å². The minimum absolute atomic E-state index is 0.248. The SMILES string of the molecule is O=S(O)[N+](c1ccccc1)(c1ccccc1)c1ccccc1. The zero-order valence-electron chi connectivity index (χ0n) is 11.9. The minimum atomic E-state index is -2.18. The van der Waals surface area contributed by atoms with Crippen molar-refractivity contribution in [2.24, 2.45) is 0 Å². The first-order valence-electron chi connectivity index (χ1n) is 6.93. The Bertz CT molecular complexity index is 664. The first-order valence-corrected chi connectivity index (χ1v) is 8.00. The van der Waals surface area contributed by atoms with E-state index in [0.717, 1.165) is 17.1 Å². The molecule has 22 heavy (non-hydrogen) atoms. The molecule has 4 heteroatoms. The van der Waals surface area contributed by atoms with Gasteiger partial charge in [0.2, 0.25) is 0 Å². The molecule has 1 N–H and O–H groups in total. The molecular formula is C18H16NO2S+. The summed E-state index contributed by atoms with van der Waals surface area (Å²) in [7, 11) is 0. The van der Waals surface area contributed by atoms with Crippen molar-refractivity contribution in [2.45, 2.75) is 0 Å². The quantitative estimate of drug-likeness (QED) is 0.555. The molecule has 1 atom stereocenters. The molecule has 0 fully saturated rings. The summed E-state index contributed by atoms with van der Waals surface area (Å²) in [5, 5.41) is 0. The molecule has 0 spiro atoms. The number of hydrogen-bond acceptors (Lipinski definition) is 1. The molecule has 0 aromatic heterocycles. The van der Waals surface area contributed by atoms with E-state index in [-0.39, 0.29) is 3.89 Å². The van der Waals surface area contributed by atoms with Crippen molar-refractivity contribution in [3.05, 3.63) is 91.0 Å². The van der Waals surface area contributed by atoms with Crippen LogP contribution < -0.4 is 3.89 Å². The monoisotopic (exact) mass is 310 g/mol. The maximum Gasteiger partial charge on any atom is 0.374 e. The number of para-hydroxylation sites is 3. The lowest BCUT2D eigenvalue weighted by molar-refractivity contribution is 0.522. The van der Waals surface area contributed by atoms with Gasteiger partial charge in [0.15, 0.2) is 17.1 Å². The van der Waals surface area contributed by atoms with E-state index < -0.39 is 11.3 Å². The Hall–Kier alpha value is -2.27. The third-order valence-corrected chi connectivity index (χ3v) is 4.69. The van der Waals surface area contributed by atoms with E-state index in [9.17, 15) is 8.76 Å². The lowest BCUT2D eigenvalue weighted by Gasteiger charge is -2.31. The van der Waals surface area contributed by atoms with E-state index in [0.29, 0.717) is 0 Å². The number of benzene rings is 3. The van der Waals surface area contributed by atoms with Crippen LogP contribution in [0.25, 0.3) is 0 Å². The average Bonchev–Trinajstić information content (AvgIpc) is 2.58. The lowest BCUT2D eigenvalue weighted by atomic mass is 10.2. The van der Waals surface area contributed by atoms with Crippen molar-refractivity contribution >= 4 is 28.3 Å². The molecule has 3 rings (SSSR count). The minimum Gasteiger partial charge on any atom is -0.260 e. The predicted molar refractivity (Wildman–Crippen MR) is 91.2 cm³/mol. The van der Waals surface area contributed by atoms with Crippen molar-refractivity contribution in [2.75, 3.05) is 0 Å². The van der Waals surface area contributed by atoms with Gasteiger partial charge in [0.25, 0.3) is 0 Å². The molecule has 0 radical (unpaired) electrons. The molecule has 0 heterocycles. The maximum absolute atomic E-state index is 12.5. The fraction of sp³-hybridized carbons (Fsp3) is 0. The maximum atomic E-state index is 12.5. The zero-order chi connectivity index (χ0) is 15.4. The molecule has 0 aliphatic carbocycles. The molecule has 3 nitrogen and oxygen atoms in total. The molecule has 0 bridgehead atoms. The van der Waals surface area contributed by atoms with Gasteiger partial charge in [0, 0.05) is 36.4 Å². The summed E-state index contributed by atoms with van der Waals surface area (Å²) < 4.78 is 22.5. The van der Waals surface area contributed by atoms with E-state index in [1.165, 1.54) is 0 Å². The van der Waals surface area contributed by atoms with Crippen LogP contribution in [-0.4, -0.2) is 8.76 Å². The highest BCUT2D eigenvalue weighted by Crippen LogP contribution is 2.44. The number of hydrogen-bond donors (Lipinski definition) is 1. The summed E-state index contributed by atoms with van der Waals surface area (Å²) in [5.74, 6) is 0. The van der Waals surface area contributed by atoms with Crippen LogP contribution in [-0.2, 0) is 11.3 Å². The molecule has 0 aliphatic rings. The zero-order valence-corrected chi connectivity index (χ0v) is 12.7. The van der Waals surface area contributed by atoms with E-state index in [4.69, 9.17) is 0 Å². The summed E-state index contributed by atoms with van der Waals surface area (Å²) in [6.07, 6.45) is 0. The standard InChI is InChI=1S/C18H15NO2S/c20-22(21)19(16-10-4-1-5-11-16,17-12-6-2-7-13-17)18-14-8-3-9-15-18/h1-15H/p+1. The molecular weight excluding hydrogens is 294 g/mol. The van der Waals surface area contributed by atoms with E-state index in [1.54, 1.807) is 0 Å². The number of rotatable bonds is 4. The normalized spacial score (nSPS) is 12.8. The molecule has 0 amide bonds. The molecule has 1 unspecified atom stereocenters. The van der Waals surface area contributed by atoms with Gasteiger partial charge in [-0.15, -0.1) is 3.89 Å². The van der Waals surface area contributed by atoms with Gasteiger partial charge < -0.3 is 0 Å². The van der Waals surface area contributed by atoms with E-state index in [1.807, 2.05) is 91.0 Å². The number of nitrogens with zero attached hydrogens (tertiary/aromatic N) is 1. The fourth-order valence-electron chi connectivity index (χ4n) is 2.63. The Morgan fingerprint density at radius 3 is 1.09 bits per heavy atom. The summed E-state index contributed by atoms with van der Waals surface area (Å²) in [6.45, 7) is 0. The topological polar surface area (TPSA) is 37.3 Å². The van der Waals surface area contributed by atoms with Crippen molar-refractivity contribution in [3.8, 4) is 0 Å². The van der Waals surface area contributed by atoms with Crippen LogP contribution in [0.5, 0.6) is 0 Å². The Balaban J connectivity index is 2.37. The van der Waals surface area contributed by atoms with Crippen LogP contribution in [0.4, 0.5) is 17.1 Å². The Labute approximate surface area is 132 Å². The molecule has 0 aliphatic heterocycles. The second-order valence-electron chi connectivity index (χ2n) is 4.85. The van der Waals surface area contributed by atoms with Gasteiger partial charge in [-0.25, -0.2) is 0 Å². The third kappa shape index (κ3) is 2.37. The second-order valence-corrected chi connectivity index (χ2v) is 5.86. The fourth-order valence-corrected chi connectivity index (χ4v) is 3.54. The highest BCUT2D eigenvalue weighted by atomic mass is 32.2. The molecule has 3 aromatic carbocycles. The molecule has 0 saturated heterocycles. The Kier molecular flexibility index (Phi) is 4.15. The van der Waals surface area contributed by atoms with Crippen LogP contribution >= 0.6 is 0 Å². The van der Waals surface area contributed by atoms with Gasteiger partial charge in [-0.05, 0) is 0 Å². The summed E-state index contributed by atoms with van der Waals surface area (Å²) in [4.78, 5) is 0. The predicted octanol–water partition coefficient (Wildman–Crippen LogP) is 4.79. The summed E-state index contributed by atoms with van der Waals surface area (Å²) in [5.41, 5.74) is 2.21. The van der Waals surface area contributed by atoms with Crippen LogP contribution in [0.1, 0.15) is 0 Å². The van der Waals surface area contributed by atoms with Gasteiger partial charge in [-0.1, -0.05) is 54.6 Å². The van der Waals surface area contributed by atoms with E-state index >= 15 is 0 Å². The van der Waals surface area contributed by atoms with Gasteiger partial charge in [-0.3, -0.25) is 4.55 Å². The molecule has 0 saturated carbocycles. The smallest absolute Gasteiger partial charge is 0.260 e. The summed E-state index contributed by atoms with van der Waals surface area (Å²) in [6, 6.07) is 28.2. The van der Waals surface area contributed by atoms with Gasteiger partial charge in [-0.2, -0.15) is 4.21 Å². The molecule has 110 valence electrons. The van der Waals surface area contributed by atoms with Crippen LogP contribution in [0, 0.1) is 0 Å². The second kappa shape index (κ2) is 6.23. The molecule has 3 aromatic rings.